The fourth-order valence-electron chi connectivity index (χ4n) is 3.60. The van der Waals surface area contributed by atoms with Crippen molar-refractivity contribution in [2.24, 2.45) is 0 Å². The van der Waals surface area contributed by atoms with E-state index in [-0.39, 0.29) is 23.1 Å². The second-order valence-corrected chi connectivity index (χ2v) is 9.72. The van der Waals surface area contributed by atoms with Gasteiger partial charge in [0.15, 0.2) is 16.7 Å². The van der Waals surface area contributed by atoms with Gasteiger partial charge in [0.1, 0.15) is 17.7 Å². The summed E-state index contributed by atoms with van der Waals surface area (Å²) in [5.74, 6) is 1.36. The second-order valence-electron chi connectivity index (χ2n) is 7.74. The number of para-hydroxylation sites is 1. The summed E-state index contributed by atoms with van der Waals surface area (Å²) in [6.45, 7) is 1.66. The lowest BCUT2D eigenvalue weighted by Gasteiger charge is -2.18. The Kier molecular flexibility index (Phi) is 8.35. The first kappa shape index (κ1) is 25.8. The van der Waals surface area contributed by atoms with E-state index >= 15 is 0 Å². The molecule has 1 heterocycles. The zero-order chi connectivity index (χ0) is 25.7. The van der Waals surface area contributed by atoms with Crippen molar-refractivity contribution in [2.45, 2.75) is 23.9 Å². The minimum absolute atomic E-state index is 0.182. The van der Waals surface area contributed by atoms with Crippen LogP contribution in [0.15, 0.2) is 71.9 Å². The second kappa shape index (κ2) is 11.6. The van der Waals surface area contributed by atoms with E-state index in [0.29, 0.717) is 33.1 Å². The monoisotopic (exact) mass is 544 g/mol. The molecule has 186 valence electrons. The Hall–Kier alpha value is -3.27. The van der Waals surface area contributed by atoms with E-state index in [1.54, 1.807) is 18.2 Å². The molecule has 0 aliphatic rings. The van der Waals surface area contributed by atoms with Gasteiger partial charge in [-0.15, -0.1) is 10.2 Å². The van der Waals surface area contributed by atoms with Crippen molar-refractivity contribution in [1.29, 1.82) is 0 Å². The SMILES string of the molecule is COc1cc([C@H](C[N+](=O)[O-])Sc2nnc(C)n2-c2ccccc2)cc(Cl)c1OCc1ccccc1Cl. The van der Waals surface area contributed by atoms with Crippen LogP contribution >= 0.6 is 35.0 Å². The number of methoxy groups -OCH3 is 1. The first-order chi connectivity index (χ1) is 17.4. The number of aryl methyl sites for hydroxylation is 1. The third kappa shape index (κ3) is 5.92. The molecule has 4 rings (SSSR count). The van der Waals surface area contributed by atoms with Crippen LogP contribution in [0.5, 0.6) is 11.5 Å². The van der Waals surface area contributed by atoms with E-state index in [4.69, 9.17) is 32.7 Å². The van der Waals surface area contributed by atoms with Gasteiger partial charge >= 0.3 is 0 Å². The number of hydrogen-bond donors (Lipinski definition) is 0. The van der Waals surface area contributed by atoms with Gasteiger partial charge in [-0.3, -0.25) is 14.7 Å². The summed E-state index contributed by atoms with van der Waals surface area (Å²) in [7, 11) is 1.49. The highest BCUT2D eigenvalue weighted by Gasteiger charge is 2.26. The van der Waals surface area contributed by atoms with Crippen molar-refractivity contribution in [3.63, 3.8) is 0 Å². The minimum atomic E-state index is -0.616. The van der Waals surface area contributed by atoms with Gasteiger partial charge in [0.2, 0.25) is 6.54 Å². The van der Waals surface area contributed by atoms with E-state index in [1.807, 2.05) is 60.0 Å². The molecule has 0 saturated heterocycles. The van der Waals surface area contributed by atoms with Gasteiger partial charge in [-0.25, -0.2) is 0 Å². The Balaban J connectivity index is 1.65. The molecule has 1 atom stereocenters. The molecule has 0 unspecified atom stereocenters. The molecule has 1 aromatic heterocycles. The Morgan fingerprint density at radius 2 is 1.78 bits per heavy atom. The zero-order valence-electron chi connectivity index (χ0n) is 19.4. The molecule has 0 aliphatic carbocycles. The van der Waals surface area contributed by atoms with Crippen molar-refractivity contribution < 1.29 is 14.4 Å². The van der Waals surface area contributed by atoms with Crippen LogP contribution in [0.25, 0.3) is 5.69 Å². The summed E-state index contributed by atoms with van der Waals surface area (Å²) in [6, 6.07) is 20.3. The van der Waals surface area contributed by atoms with Gasteiger partial charge < -0.3 is 9.47 Å². The van der Waals surface area contributed by atoms with Crippen LogP contribution < -0.4 is 9.47 Å². The van der Waals surface area contributed by atoms with Crippen molar-refractivity contribution in [2.75, 3.05) is 13.7 Å². The standard InChI is InChI=1S/C25H22Cl2N4O4S/c1-16-28-29-25(31(16)19-9-4-3-5-10-19)36-23(14-30(32)33)18-12-21(27)24(22(13-18)34-2)35-15-17-8-6-7-11-20(17)26/h3-13,23H,14-15H2,1-2H3/t23-/m0/s1. The molecular weight excluding hydrogens is 523 g/mol. The quantitative estimate of drug-likeness (QED) is 0.126. The molecule has 0 radical (unpaired) electrons. The largest absolute Gasteiger partial charge is 0.493 e. The van der Waals surface area contributed by atoms with E-state index in [1.165, 1.54) is 18.9 Å². The summed E-state index contributed by atoms with van der Waals surface area (Å²) in [5.41, 5.74) is 2.25. The van der Waals surface area contributed by atoms with Crippen molar-refractivity contribution in [3.05, 3.63) is 104 Å². The zero-order valence-corrected chi connectivity index (χ0v) is 21.8. The minimum Gasteiger partial charge on any atom is -0.493 e. The van der Waals surface area contributed by atoms with Crippen molar-refractivity contribution in [1.82, 2.24) is 14.8 Å². The molecule has 0 aliphatic heterocycles. The highest BCUT2D eigenvalue weighted by Crippen LogP contribution is 2.43. The van der Waals surface area contributed by atoms with Crippen LogP contribution in [0.1, 0.15) is 22.2 Å². The molecule has 0 saturated carbocycles. The number of halogens is 2. The van der Waals surface area contributed by atoms with Gasteiger partial charge in [-0.05, 0) is 42.8 Å². The van der Waals surface area contributed by atoms with Crippen molar-refractivity contribution in [3.8, 4) is 17.2 Å². The molecule has 11 heteroatoms. The summed E-state index contributed by atoms with van der Waals surface area (Å²) in [5, 5.41) is 20.8. The average molecular weight is 545 g/mol. The van der Waals surface area contributed by atoms with Gasteiger partial charge in [0, 0.05) is 21.2 Å². The molecule has 0 bridgehead atoms. The van der Waals surface area contributed by atoms with E-state index in [2.05, 4.69) is 10.2 Å². The molecule has 0 N–H and O–H groups in total. The first-order valence-corrected chi connectivity index (χ1v) is 12.5. The van der Waals surface area contributed by atoms with E-state index in [0.717, 1.165) is 11.3 Å². The van der Waals surface area contributed by atoms with Gasteiger partial charge in [-0.2, -0.15) is 0 Å². The maximum absolute atomic E-state index is 11.6. The number of thioether (sulfide) groups is 1. The lowest BCUT2D eigenvalue weighted by molar-refractivity contribution is -0.479. The summed E-state index contributed by atoms with van der Waals surface area (Å²) >= 11 is 14.0. The molecule has 0 amide bonds. The number of nitro groups is 1. The van der Waals surface area contributed by atoms with Crippen LogP contribution in [0, 0.1) is 17.0 Å². The van der Waals surface area contributed by atoms with E-state index < -0.39 is 5.25 Å². The number of benzene rings is 3. The molecule has 0 fully saturated rings. The number of rotatable bonds is 10. The Bertz CT molecular complexity index is 1370. The normalized spacial score (nSPS) is 11.8. The Morgan fingerprint density at radius 3 is 2.47 bits per heavy atom. The maximum Gasteiger partial charge on any atom is 0.220 e. The fourth-order valence-corrected chi connectivity index (χ4v) is 5.22. The maximum atomic E-state index is 11.6. The number of hydrogen-bond acceptors (Lipinski definition) is 7. The van der Waals surface area contributed by atoms with Crippen LogP contribution in [0.4, 0.5) is 0 Å². The van der Waals surface area contributed by atoms with Crippen LogP contribution in [-0.4, -0.2) is 33.3 Å². The third-order valence-corrected chi connectivity index (χ3v) is 7.16. The molecular formula is C25H22Cl2N4O4S. The molecule has 36 heavy (non-hydrogen) atoms. The number of aromatic nitrogens is 3. The molecule has 8 nitrogen and oxygen atoms in total. The van der Waals surface area contributed by atoms with Gasteiger partial charge in [0.25, 0.3) is 0 Å². The lowest BCUT2D eigenvalue weighted by atomic mass is 10.1. The van der Waals surface area contributed by atoms with Crippen LogP contribution in [0.2, 0.25) is 10.0 Å². The molecule has 3 aromatic carbocycles. The summed E-state index contributed by atoms with van der Waals surface area (Å²) in [4.78, 5) is 11.2. The highest BCUT2D eigenvalue weighted by molar-refractivity contribution is 7.99. The highest BCUT2D eigenvalue weighted by atomic mass is 35.5. The average Bonchev–Trinajstić information content (AvgIpc) is 3.23. The summed E-state index contributed by atoms with van der Waals surface area (Å²) in [6.07, 6.45) is 0. The first-order valence-electron chi connectivity index (χ1n) is 10.9. The smallest absolute Gasteiger partial charge is 0.220 e. The molecule has 4 aromatic rings. The van der Waals surface area contributed by atoms with Crippen molar-refractivity contribution >= 4 is 35.0 Å². The van der Waals surface area contributed by atoms with E-state index in [9.17, 15) is 10.1 Å². The predicted molar refractivity (Wildman–Crippen MR) is 140 cm³/mol. The van der Waals surface area contributed by atoms with Gasteiger partial charge in [-0.1, -0.05) is 71.4 Å². The summed E-state index contributed by atoms with van der Waals surface area (Å²) < 4.78 is 13.3. The van der Waals surface area contributed by atoms with Crippen LogP contribution in [0.3, 0.4) is 0 Å². The molecule has 0 spiro atoms. The lowest BCUT2D eigenvalue weighted by Crippen LogP contribution is -2.12. The fraction of sp³-hybridized carbons (Fsp3) is 0.200. The Morgan fingerprint density at radius 1 is 1.06 bits per heavy atom. The predicted octanol–water partition coefficient (Wildman–Crippen LogP) is 6.58. The topological polar surface area (TPSA) is 92.3 Å². The number of ether oxygens (including phenoxy) is 2. The Labute approximate surface area is 222 Å². The van der Waals surface area contributed by atoms with Gasteiger partial charge in [0.05, 0.1) is 12.1 Å². The number of nitrogens with zero attached hydrogens (tertiary/aromatic N) is 4. The third-order valence-electron chi connectivity index (χ3n) is 5.33. The van der Waals surface area contributed by atoms with Crippen LogP contribution in [-0.2, 0) is 6.61 Å².